The number of fused-ring (bicyclic) bond motifs is 3. The summed E-state index contributed by atoms with van der Waals surface area (Å²) in [7, 11) is 0. The fourth-order valence-electron chi connectivity index (χ4n) is 5.48. The first-order valence-electron chi connectivity index (χ1n) is 9.29. The molecule has 2 bridgehead atoms. The minimum absolute atomic E-state index is 0.0963. The molecule has 1 aromatic rings. The molecular weight excluding hydrogens is 333 g/mol. The van der Waals surface area contributed by atoms with Crippen LogP contribution in [-0.2, 0) is 20.8 Å². The van der Waals surface area contributed by atoms with Crippen LogP contribution in [0.3, 0.4) is 0 Å². The largest absolute Gasteiger partial charge is 0.308 e. The Bertz CT molecular complexity index is 861. The van der Waals surface area contributed by atoms with Gasteiger partial charge in [-0.25, -0.2) is 4.39 Å². The van der Waals surface area contributed by atoms with Crippen molar-refractivity contribution in [2.75, 3.05) is 4.90 Å². The highest BCUT2D eigenvalue weighted by molar-refractivity contribution is 6.49. The lowest BCUT2D eigenvalue weighted by atomic mass is 9.64. The summed E-state index contributed by atoms with van der Waals surface area (Å²) in [6.07, 6.45) is 2.35. The zero-order valence-electron chi connectivity index (χ0n) is 15.7. The lowest BCUT2D eigenvalue weighted by Gasteiger charge is -2.44. The molecule has 0 unspecified atom stereocenters. The zero-order valence-corrected chi connectivity index (χ0v) is 15.7. The summed E-state index contributed by atoms with van der Waals surface area (Å²) < 4.78 is 13.7. The number of ketones is 2. The summed E-state index contributed by atoms with van der Waals surface area (Å²) in [5, 5.41) is 0. The van der Waals surface area contributed by atoms with Gasteiger partial charge in [0, 0.05) is 17.1 Å². The van der Waals surface area contributed by atoms with Gasteiger partial charge in [-0.05, 0) is 61.8 Å². The van der Waals surface area contributed by atoms with Crippen LogP contribution in [0.25, 0.3) is 0 Å². The zero-order chi connectivity index (χ0) is 19.1. The minimum atomic E-state index is -1.31. The molecule has 0 spiro atoms. The van der Waals surface area contributed by atoms with E-state index in [4.69, 9.17) is 0 Å². The summed E-state index contributed by atoms with van der Waals surface area (Å²) in [6.45, 7) is 7.52. The van der Waals surface area contributed by atoms with E-state index in [2.05, 4.69) is 0 Å². The maximum Gasteiger partial charge on any atom is 0.242 e. The van der Waals surface area contributed by atoms with E-state index < -0.39 is 27.8 Å². The maximum absolute atomic E-state index is 13.8. The van der Waals surface area contributed by atoms with Crippen LogP contribution >= 0.6 is 0 Å². The van der Waals surface area contributed by atoms with E-state index >= 15 is 0 Å². The van der Waals surface area contributed by atoms with E-state index in [1.165, 1.54) is 12.1 Å². The van der Waals surface area contributed by atoms with Gasteiger partial charge in [0.15, 0.2) is 0 Å². The fraction of sp³-hybridized carbons (Fsp3) is 0.571. The summed E-state index contributed by atoms with van der Waals surface area (Å²) in [5.41, 5.74) is -1.38. The van der Waals surface area contributed by atoms with Gasteiger partial charge in [0.1, 0.15) is 11.2 Å². The van der Waals surface area contributed by atoms with Crippen molar-refractivity contribution in [1.29, 1.82) is 0 Å². The SMILES string of the molecule is C[C@H]1CCc2cc(F)ccc2N1C(=O)[C@]12CC[C@](C)(C(=O)C1=O)C2(C)C. The molecule has 2 aliphatic carbocycles. The van der Waals surface area contributed by atoms with Crippen molar-refractivity contribution in [3.63, 3.8) is 0 Å². The predicted octanol–water partition coefficient (Wildman–Crippen LogP) is 3.46. The quantitative estimate of drug-likeness (QED) is 0.571. The highest BCUT2D eigenvalue weighted by atomic mass is 19.1. The molecular formula is C21H24FNO3. The normalized spacial score (nSPS) is 35.0. The molecule has 3 atom stereocenters. The molecule has 138 valence electrons. The molecule has 0 radical (unpaired) electrons. The van der Waals surface area contributed by atoms with Crippen LogP contribution in [-0.4, -0.2) is 23.5 Å². The topological polar surface area (TPSA) is 54.5 Å². The summed E-state index contributed by atoms with van der Waals surface area (Å²) in [6, 6.07) is 4.34. The minimum Gasteiger partial charge on any atom is -0.308 e. The molecule has 1 heterocycles. The Hall–Kier alpha value is -2.04. The third-order valence-electron chi connectivity index (χ3n) is 7.70. The van der Waals surface area contributed by atoms with Gasteiger partial charge in [0.25, 0.3) is 0 Å². The summed E-state index contributed by atoms with van der Waals surface area (Å²) in [4.78, 5) is 41.2. The highest BCUT2D eigenvalue weighted by Crippen LogP contribution is 2.69. The summed E-state index contributed by atoms with van der Waals surface area (Å²) in [5.74, 6) is -1.57. The number of rotatable bonds is 1. The Morgan fingerprint density at radius 1 is 1.15 bits per heavy atom. The number of aryl methyl sites for hydroxylation is 1. The Kier molecular flexibility index (Phi) is 3.36. The lowest BCUT2D eigenvalue weighted by molar-refractivity contribution is -0.148. The van der Waals surface area contributed by atoms with Crippen LogP contribution in [0.4, 0.5) is 10.1 Å². The van der Waals surface area contributed by atoms with Crippen LogP contribution < -0.4 is 4.90 Å². The number of anilines is 1. The van der Waals surface area contributed by atoms with Crippen molar-refractivity contribution in [1.82, 2.24) is 0 Å². The number of carbonyl (C=O) groups is 3. The van der Waals surface area contributed by atoms with Gasteiger partial charge in [-0.2, -0.15) is 0 Å². The highest BCUT2D eigenvalue weighted by Gasteiger charge is 2.78. The number of benzene rings is 1. The van der Waals surface area contributed by atoms with Crippen LogP contribution in [0.15, 0.2) is 18.2 Å². The number of hydrogen-bond acceptors (Lipinski definition) is 3. The van der Waals surface area contributed by atoms with E-state index in [1.54, 1.807) is 11.0 Å². The van der Waals surface area contributed by atoms with Crippen molar-refractivity contribution in [2.24, 2.45) is 16.2 Å². The number of halogens is 1. The smallest absolute Gasteiger partial charge is 0.242 e. The molecule has 4 rings (SSSR count). The number of carbonyl (C=O) groups excluding carboxylic acids is 3. The monoisotopic (exact) mass is 357 g/mol. The molecule has 1 amide bonds. The van der Waals surface area contributed by atoms with Gasteiger partial charge in [0.2, 0.25) is 17.5 Å². The predicted molar refractivity (Wildman–Crippen MR) is 95.2 cm³/mol. The maximum atomic E-state index is 13.8. The van der Waals surface area contributed by atoms with Gasteiger partial charge in [-0.15, -0.1) is 0 Å². The molecule has 1 aliphatic heterocycles. The average Bonchev–Trinajstić information content (AvgIpc) is 2.86. The molecule has 0 aromatic heterocycles. The van der Waals surface area contributed by atoms with E-state index in [1.807, 2.05) is 27.7 Å². The van der Waals surface area contributed by atoms with Crippen LogP contribution in [0.5, 0.6) is 0 Å². The van der Waals surface area contributed by atoms with E-state index in [0.29, 0.717) is 31.4 Å². The first kappa shape index (κ1) is 17.4. The van der Waals surface area contributed by atoms with Crippen molar-refractivity contribution >= 4 is 23.2 Å². The molecule has 2 fully saturated rings. The van der Waals surface area contributed by atoms with E-state index in [-0.39, 0.29) is 17.8 Å². The molecule has 3 aliphatic rings. The Balaban J connectivity index is 1.87. The van der Waals surface area contributed by atoms with Gasteiger partial charge in [0.05, 0.1) is 0 Å². The van der Waals surface area contributed by atoms with Gasteiger partial charge < -0.3 is 4.90 Å². The number of hydrogen-bond donors (Lipinski definition) is 0. The van der Waals surface area contributed by atoms with Crippen LogP contribution in [0.1, 0.15) is 52.5 Å². The molecule has 26 heavy (non-hydrogen) atoms. The second kappa shape index (κ2) is 5.02. The van der Waals surface area contributed by atoms with Crippen LogP contribution in [0, 0.1) is 22.1 Å². The van der Waals surface area contributed by atoms with Crippen molar-refractivity contribution in [3.05, 3.63) is 29.6 Å². The average molecular weight is 357 g/mol. The molecule has 1 aromatic carbocycles. The second-order valence-electron chi connectivity index (χ2n) is 8.86. The van der Waals surface area contributed by atoms with Crippen molar-refractivity contribution in [2.45, 2.75) is 59.4 Å². The van der Waals surface area contributed by atoms with Gasteiger partial charge in [-0.1, -0.05) is 20.8 Å². The van der Waals surface area contributed by atoms with E-state index in [0.717, 1.165) is 5.56 Å². The lowest BCUT2D eigenvalue weighted by Crippen LogP contribution is -2.56. The number of Topliss-reactive ketones (excluding diaryl/α,β-unsaturated/α-hetero) is 2. The van der Waals surface area contributed by atoms with E-state index in [9.17, 15) is 18.8 Å². The number of nitrogens with zero attached hydrogens (tertiary/aromatic N) is 1. The third kappa shape index (κ3) is 1.72. The fourth-order valence-corrected chi connectivity index (χ4v) is 5.48. The van der Waals surface area contributed by atoms with Crippen LogP contribution in [0.2, 0.25) is 0 Å². The second-order valence-corrected chi connectivity index (χ2v) is 8.86. The van der Waals surface area contributed by atoms with Crippen molar-refractivity contribution < 1.29 is 18.8 Å². The molecule has 4 nitrogen and oxygen atoms in total. The van der Waals surface area contributed by atoms with Crippen molar-refractivity contribution in [3.8, 4) is 0 Å². The van der Waals surface area contributed by atoms with Gasteiger partial charge >= 0.3 is 0 Å². The Labute approximate surface area is 152 Å². The third-order valence-corrected chi connectivity index (χ3v) is 7.70. The number of amides is 1. The van der Waals surface area contributed by atoms with Gasteiger partial charge in [-0.3, -0.25) is 14.4 Å². The molecule has 5 heteroatoms. The first-order chi connectivity index (χ1) is 12.1. The summed E-state index contributed by atoms with van der Waals surface area (Å²) >= 11 is 0. The molecule has 2 saturated carbocycles. The Morgan fingerprint density at radius 3 is 2.46 bits per heavy atom. The Morgan fingerprint density at radius 2 is 1.85 bits per heavy atom. The first-order valence-corrected chi connectivity index (χ1v) is 9.29. The molecule has 0 N–H and O–H groups in total. The standard InChI is InChI=1S/C21H24FNO3/c1-12-5-6-13-11-14(22)7-8-15(13)23(12)18(26)21-10-9-20(4,19(21,2)3)16(24)17(21)25/h7-8,11-12H,5-6,9-10H2,1-4H3/t12-,20+,21-/m0/s1. The molecule has 0 saturated heterocycles.